The van der Waals surface area contributed by atoms with Gasteiger partial charge in [0, 0.05) is 12.1 Å². The summed E-state index contributed by atoms with van der Waals surface area (Å²) in [6.07, 6.45) is 0. The molecule has 3 N–H and O–H groups in total. The van der Waals surface area contributed by atoms with Crippen molar-refractivity contribution in [1.82, 2.24) is 15.3 Å². The summed E-state index contributed by atoms with van der Waals surface area (Å²) in [5, 5.41) is 2.68. The third-order valence-electron chi connectivity index (χ3n) is 2.70. The van der Waals surface area contributed by atoms with Crippen LogP contribution in [0.1, 0.15) is 17.4 Å². The monoisotopic (exact) mass is 272 g/mol. The van der Waals surface area contributed by atoms with Crippen LogP contribution in [0.5, 0.6) is 5.75 Å². The molecule has 1 aromatic heterocycles. The van der Waals surface area contributed by atoms with Crippen molar-refractivity contribution in [2.45, 2.75) is 6.92 Å². The zero-order chi connectivity index (χ0) is 14.5. The molecule has 0 unspecified atom stereocenters. The molecule has 0 radical (unpaired) electrons. The highest BCUT2D eigenvalue weighted by Crippen LogP contribution is 2.21. The van der Waals surface area contributed by atoms with Crippen LogP contribution in [0.3, 0.4) is 0 Å². The van der Waals surface area contributed by atoms with Crippen molar-refractivity contribution in [1.29, 1.82) is 0 Å². The van der Waals surface area contributed by atoms with E-state index in [2.05, 4.69) is 15.3 Å². The Morgan fingerprint density at radius 1 is 1.30 bits per heavy atom. The number of benzene rings is 1. The smallest absolute Gasteiger partial charge is 0.270 e. The van der Waals surface area contributed by atoms with Crippen molar-refractivity contribution in [3.8, 4) is 17.0 Å². The molecule has 0 bridgehead atoms. The van der Waals surface area contributed by atoms with E-state index in [0.717, 1.165) is 11.3 Å². The summed E-state index contributed by atoms with van der Waals surface area (Å²) in [6, 6.07) is 8.95. The molecule has 1 amide bonds. The van der Waals surface area contributed by atoms with Crippen LogP contribution in [0.15, 0.2) is 30.3 Å². The first-order valence-electron chi connectivity index (χ1n) is 6.21. The Bertz CT molecular complexity index is 611. The van der Waals surface area contributed by atoms with Crippen LogP contribution in [0.2, 0.25) is 0 Å². The highest BCUT2D eigenvalue weighted by Gasteiger charge is 2.11. The number of hydrogen-bond acceptors (Lipinski definition) is 5. The lowest BCUT2D eigenvalue weighted by atomic mass is 10.1. The second-order valence-electron chi connectivity index (χ2n) is 4.08. The number of amides is 1. The van der Waals surface area contributed by atoms with Gasteiger partial charge in [-0.05, 0) is 37.3 Å². The number of nitrogens with two attached hydrogens (primary N) is 1. The number of methoxy groups -OCH3 is 1. The van der Waals surface area contributed by atoms with E-state index in [4.69, 9.17) is 10.5 Å². The SMILES string of the molecule is CCNC(=O)c1cc(-c2ccc(OC)cc2)nc(N)n1. The Kier molecular flexibility index (Phi) is 4.14. The first-order valence-corrected chi connectivity index (χ1v) is 6.21. The predicted molar refractivity (Wildman–Crippen MR) is 76.4 cm³/mol. The van der Waals surface area contributed by atoms with E-state index in [9.17, 15) is 4.79 Å². The number of hydrogen-bond donors (Lipinski definition) is 2. The maximum Gasteiger partial charge on any atom is 0.270 e. The largest absolute Gasteiger partial charge is 0.497 e. The van der Waals surface area contributed by atoms with Gasteiger partial charge in [0.15, 0.2) is 0 Å². The summed E-state index contributed by atoms with van der Waals surface area (Å²) in [5.74, 6) is 0.552. The maximum absolute atomic E-state index is 11.8. The molecule has 6 nitrogen and oxygen atoms in total. The van der Waals surface area contributed by atoms with Gasteiger partial charge < -0.3 is 15.8 Å². The van der Waals surface area contributed by atoms with Crippen molar-refractivity contribution in [2.75, 3.05) is 19.4 Å². The summed E-state index contributed by atoms with van der Waals surface area (Å²) in [4.78, 5) is 19.9. The maximum atomic E-state index is 11.8. The molecule has 1 heterocycles. The van der Waals surface area contributed by atoms with Crippen LogP contribution in [0.25, 0.3) is 11.3 Å². The standard InChI is InChI=1S/C14H16N4O2/c1-3-16-13(19)12-8-11(17-14(15)18-12)9-4-6-10(20-2)7-5-9/h4-8H,3H2,1-2H3,(H,16,19)(H2,15,17,18). The van der Waals surface area contributed by atoms with Gasteiger partial charge in [-0.2, -0.15) is 0 Å². The van der Waals surface area contributed by atoms with Crippen molar-refractivity contribution < 1.29 is 9.53 Å². The number of rotatable bonds is 4. The minimum Gasteiger partial charge on any atom is -0.497 e. The van der Waals surface area contributed by atoms with Gasteiger partial charge in [0.2, 0.25) is 5.95 Å². The van der Waals surface area contributed by atoms with Gasteiger partial charge in [0.05, 0.1) is 12.8 Å². The minimum absolute atomic E-state index is 0.0690. The highest BCUT2D eigenvalue weighted by molar-refractivity contribution is 5.93. The molecule has 6 heteroatoms. The van der Waals surface area contributed by atoms with E-state index < -0.39 is 0 Å². The van der Waals surface area contributed by atoms with E-state index >= 15 is 0 Å². The van der Waals surface area contributed by atoms with Crippen LogP contribution in [-0.4, -0.2) is 29.5 Å². The lowest BCUT2D eigenvalue weighted by Crippen LogP contribution is -2.24. The number of nitrogen functional groups attached to an aromatic ring is 1. The van der Waals surface area contributed by atoms with Crippen LogP contribution in [0.4, 0.5) is 5.95 Å². The van der Waals surface area contributed by atoms with E-state index in [-0.39, 0.29) is 17.5 Å². The number of nitrogens with zero attached hydrogens (tertiary/aromatic N) is 2. The zero-order valence-electron chi connectivity index (χ0n) is 11.4. The fourth-order valence-corrected chi connectivity index (χ4v) is 1.74. The first kappa shape index (κ1) is 13.8. The average molecular weight is 272 g/mol. The van der Waals surface area contributed by atoms with Crippen molar-refractivity contribution in [3.63, 3.8) is 0 Å². The Morgan fingerprint density at radius 2 is 2.00 bits per heavy atom. The Balaban J connectivity index is 2.38. The first-order chi connectivity index (χ1) is 9.63. The summed E-state index contributed by atoms with van der Waals surface area (Å²) in [5.41, 5.74) is 7.35. The summed E-state index contributed by atoms with van der Waals surface area (Å²) < 4.78 is 5.10. The van der Waals surface area contributed by atoms with Gasteiger partial charge >= 0.3 is 0 Å². The summed E-state index contributed by atoms with van der Waals surface area (Å²) in [7, 11) is 1.60. The second-order valence-corrected chi connectivity index (χ2v) is 4.08. The van der Waals surface area contributed by atoms with Gasteiger partial charge in [-0.3, -0.25) is 4.79 Å². The molecule has 0 fully saturated rings. The number of carbonyl (C=O) groups is 1. The molecular formula is C14H16N4O2. The number of anilines is 1. The second kappa shape index (κ2) is 6.01. The summed E-state index contributed by atoms with van der Waals surface area (Å²) in [6.45, 7) is 2.37. The van der Waals surface area contributed by atoms with Crippen LogP contribution in [0, 0.1) is 0 Å². The molecule has 0 aliphatic rings. The van der Waals surface area contributed by atoms with E-state index in [0.29, 0.717) is 12.2 Å². The number of ether oxygens (including phenoxy) is 1. The lowest BCUT2D eigenvalue weighted by molar-refractivity contribution is 0.0951. The molecule has 0 spiro atoms. The summed E-state index contributed by atoms with van der Waals surface area (Å²) >= 11 is 0. The third kappa shape index (κ3) is 3.03. The Labute approximate surface area is 117 Å². The molecule has 0 aliphatic carbocycles. The molecule has 0 atom stereocenters. The number of nitrogens with one attached hydrogen (secondary N) is 1. The van der Waals surface area contributed by atoms with Gasteiger partial charge in [-0.25, -0.2) is 9.97 Å². The molecule has 20 heavy (non-hydrogen) atoms. The van der Waals surface area contributed by atoms with Crippen LogP contribution >= 0.6 is 0 Å². The fourth-order valence-electron chi connectivity index (χ4n) is 1.74. The highest BCUT2D eigenvalue weighted by atomic mass is 16.5. The topological polar surface area (TPSA) is 90.1 Å². The number of aromatic nitrogens is 2. The van der Waals surface area contributed by atoms with Crippen LogP contribution < -0.4 is 15.8 Å². The van der Waals surface area contributed by atoms with Crippen molar-refractivity contribution >= 4 is 11.9 Å². The van der Waals surface area contributed by atoms with E-state index in [1.165, 1.54) is 0 Å². The molecule has 0 aliphatic heterocycles. The third-order valence-corrected chi connectivity index (χ3v) is 2.70. The van der Waals surface area contributed by atoms with Crippen molar-refractivity contribution in [2.24, 2.45) is 0 Å². The molecular weight excluding hydrogens is 256 g/mol. The Morgan fingerprint density at radius 3 is 2.60 bits per heavy atom. The molecule has 0 saturated heterocycles. The normalized spacial score (nSPS) is 10.1. The van der Waals surface area contributed by atoms with Gasteiger partial charge in [-0.1, -0.05) is 0 Å². The van der Waals surface area contributed by atoms with Crippen molar-refractivity contribution in [3.05, 3.63) is 36.0 Å². The van der Waals surface area contributed by atoms with Gasteiger partial charge in [-0.15, -0.1) is 0 Å². The van der Waals surface area contributed by atoms with Gasteiger partial charge in [0.25, 0.3) is 5.91 Å². The van der Waals surface area contributed by atoms with Crippen LogP contribution in [-0.2, 0) is 0 Å². The molecule has 0 saturated carbocycles. The molecule has 2 aromatic rings. The fraction of sp³-hybridized carbons (Fsp3) is 0.214. The molecule has 2 rings (SSSR count). The van der Waals surface area contributed by atoms with Gasteiger partial charge in [0.1, 0.15) is 11.4 Å². The van der Waals surface area contributed by atoms with E-state index in [1.54, 1.807) is 13.2 Å². The van der Waals surface area contributed by atoms with E-state index in [1.807, 2.05) is 31.2 Å². The predicted octanol–water partition coefficient (Wildman–Crippen LogP) is 1.48. The average Bonchev–Trinajstić information content (AvgIpc) is 2.47. The quantitative estimate of drug-likeness (QED) is 0.880. The zero-order valence-corrected chi connectivity index (χ0v) is 11.4. The molecule has 104 valence electrons. The number of carbonyl (C=O) groups excluding carboxylic acids is 1. The molecule has 1 aromatic carbocycles. The lowest BCUT2D eigenvalue weighted by Gasteiger charge is -2.07. The Hall–Kier alpha value is -2.63. The minimum atomic E-state index is -0.267.